The van der Waals surface area contributed by atoms with Crippen molar-refractivity contribution in [2.24, 2.45) is 0 Å². The highest BCUT2D eigenvalue weighted by atomic mass is 16.5. The first-order chi connectivity index (χ1) is 13.2. The quantitative estimate of drug-likeness (QED) is 0.698. The smallest absolute Gasteiger partial charge is 0.256 e. The van der Waals surface area contributed by atoms with Crippen LogP contribution in [-0.2, 0) is 26.1 Å². The number of para-hydroxylation sites is 1. The topological polar surface area (TPSA) is 60.2 Å². The summed E-state index contributed by atoms with van der Waals surface area (Å²) in [4.78, 5) is 23.4. The zero-order valence-corrected chi connectivity index (χ0v) is 15.3. The van der Waals surface area contributed by atoms with Crippen molar-refractivity contribution in [2.45, 2.75) is 33.0 Å². The third-order valence-corrected chi connectivity index (χ3v) is 4.84. The van der Waals surface area contributed by atoms with Crippen molar-refractivity contribution >= 4 is 0 Å². The zero-order chi connectivity index (χ0) is 18.6. The summed E-state index contributed by atoms with van der Waals surface area (Å²) in [5.41, 5.74) is 2.95. The molecule has 0 fully saturated rings. The van der Waals surface area contributed by atoms with Gasteiger partial charge in [-0.05, 0) is 31.5 Å². The van der Waals surface area contributed by atoms with Crippen molar-refractivity contribution in [2.75, 3.05) is 6.54 Å². The van der Waals surface area contributed by atoms with E-state index in [2.05, 4.69) is 20.9 Å². The van der Waals surface area contributed by atoms with Gasteiger partial charge < -0.3 is 4.74 Å². The number of hydrogen-bond donors (Lipinski definition) is 0. The molecule has 1 aliphatic rings. The van der Waals surface area contributed by atoms with Crippen molar-refractivity contribution in [1.29, 1.82) is 0 Å². The lowest BCUT2D eigenvalue weighted by molar-refractivity contribution is 0.237. The second-order valence-electron chi connectivity index (χ2n) is 6.62. The van der Waals surface area contributed by atoms with Crippen LogP contribution in [-0.4, -0.2) is 26.0 Å². The fraction of sp³-hybridized carbons (Fsp3) is 0.286. The van der Waals surface area contributed by atoms with E-state index >= 15 is 0 Å². The third kappa shape index (κ3) is 3.75. The Balaban J connectivity index is 1.52. The monoisotopic (exact) mass is 362 g/mol. The molecule has 0 spiro atoms. The number of nitrogens with zero attached hydrogens (tertiary/aromatic N) is 4. The molecule has 3 heterocycles. The molecule has 2 aromatic heterocycles. The highest BCUT2D eigenvalue weighted by Crippen LogP contribution is 2.27. The van der Waals surface area contributed by atoms with Gasteiger partial charge in [0.2, 0.25) is 0 Å². The Morgan fingerprint density at radius 3 is 2.89 bits per heavy atom. The van der Waals surface area contributed by atoms with Crippen LogP contribution in [0.3, 0.4) is 0 Å². The van der Waals surface area contributed by atoms with E-state index in [1.54, 1.807) is 23.3 Å². The summed E-state index contributed by atoms with van der Waals surface area (Å²) in [6, 6.07) is 11.8. The van der Waals surface area contributed by atoms with Gasteiger partial charge in [0, 0.05) is 43.5 Å². The number of rotatable bonds is 5. The summed E-state index contributed by atoms with van der Waals surface area (Å²) >= 11 is 0. The SMILES string of the molecule is CCn1cnc2c(c1=O)CCN(Cc1ccccc1Oc1cccnc1)C2. The molecule has 0 radical (unpaired) electrons. The molecule has 6 nitrogen and oxygen atoms in total. The summed E-state index contributed by atoms with van der Waals surface area (Å²) in [5, 5.41) is 0. The van der Waals surface area contributed by atoms with Crippen LogP contribution in [0, 0.1) is 0 Å². The lowest BCUT2D eigenvalue weighted by Gasteiger charge is -2.28. The van der Waals surface area contributed by atoms with Crippen LogP contribution in [0.2, 0.25) is 0 Å². The van der Waals surface area contributed by atoms with E-state index in [9.17, 15) is 4.79 Å². The Labute approximate surface area is 158 Å². The first-order valence-electron chi connectivity index (χ1n) is 9.20. The molecule has 1 aliphatic heterocycles. The number of hydrogen-bond acceptors (Lipinski definition) is 5. The maximum absolute atomic E-state index is 12.4. The van der Waals surface area contributed by atoms with Gasteiger partial charge in [0.05, 0.1) is 18.2 Å². The minimum absolute atomic E-state index is 0.0995. The molecular formula is C21H22N4O2. The molecule has 0 saturated carbocycles. The molecule has 0 amide bonds. The van der Waals surface area contributed by atoms with Gasteiger partial charge in [0.25, 0.3) is 5.56 Å². The molecule has 3 aromatic rings. The van der Waals surface area contributed by atoms with Crippen LogP contribution < -0.4 is 10.3 Å². The van der Waals surface area contributed by atoms with Crippen molar-refractivity contribution in [1.82, 2.24) is 19.4 Å². The molecule has 0 atom stereocenters. The van der Waals surface area contributed by atoms with Gasteiger partial charge in [0.1, 0.15) is 11.5 Å². The van der Waals surface area contributed by atoms with Crippen LogP contribution in [0.25, 0.3) is 0 Å². The first-order valence-corrected chi connectivity index (χ1v) is 9.20. The molecule has 138 valence electrons. The van der Waals surface area contributed by atoms with Crippen molar-refractivity contribution < 1.29 is 4.74 Å². The fourth-order valence-electron chi connectivity index (χ4n) is 3.38. The van der Waals surface area contributed by atoms with Gasteiger partial charge in [-0.25, -0.2) is 4.98 Å². The Hall–Kier alpha value is -2.99. The second kappa shape index (κ2) is 7.72. The number of benzene rings is 1. The number of fused-ring (bicyclic) bond motifs is 1. The highest BCUT2D eigenvalue weighted by molar-refractivity contribution is 5.37. The third-order valence-electron chi connectivity index (χ3n) is 4.84. The highest BCUT2D eigenvalue weighted by Gasteiger charge is 2.21. The van der Waals surface area contributed by atoms with Crippen LogP contribution >= 0.6 is 0 Å². The molecule has 1 aromatic carbocycles. The number of aromatic nitrogens is 3. The second-order valence-corrected chi connectivity index (χ2v) is 6.62. The van der Waals surface area contributed by atoms with Gasteiger partial charge in [-0.1, -0.05) is 18.2 Å². The zero-order valence-electron chi connectivity index (χ0n) is 15.3. The van der Waals surface area contributed by atoms with Crippen LogP contribution in [0.4, 0.5) is 0 Å². The lowest BCUT2D eigenvalue weighted by atomic mass is 10.1. The molecule has 0 unspecified atom stereocenters. The Morgan fingerprint density at radius 2 is 2.07 bits per heavy atom. The summed E-state index contributed by atoms with van der Waals surface area (Å²) < 4.78 is 7.68. The number of aryl methyl sites for hydroxylation is 1. The van der Waals surface area contributed by atoms with Gasteiger partial charge in [-0.2, -0.15) is 0 Å². The number of ether oxygens (including phenoxy) is 1. The standard InChI is InChI=1S/C21H22N4O2/c1-2-25-15-23-19-14-24(11-9-18(19)21(25)26)13-16-6-3-4-8-20(16)27-17-7-5-10-22-12-17/h3-8,10,12,15H,2,9,11,13-14H2,1H3. The summed E-state index contributed by atoms with van der Waals surface area (Å²) in [6.07, 6.45) is 5.82. The molecule has 0 aliphatic carbocycles. The van der Waals surface area contributed by atoms with E-state index in [0.29, 0.717) is 13.1 Å². The van der Waals surface area contributed by atoms with E-state index in [4.69, 9.17) is 4.74 Å². The van der Waals surface area contributed by atoms with Crippen molar-refractivity contribution in [3.05, 3.63) is 82.3 Å². The molecule has 27 heavy (non-hydrogen) atoms. The van der Waals surface area contributed by atoms with E-state index in [-0.39, 0.29) is 5.56 Å². The molecular weight excluding hydrogens is 340 g/mol. The number of pyridine rings is 1. The van der Waals surface area contributed by atoms with E-state index in [0.717, 1.165) is 47.8 Å². The molecule has 0 bridgehead atoms. The van der Waals surface area contributed by atoms with Gasteiger partial charge >= 0.3 is 0 Å². The van der Waals surface area contributed by atoms with Crippen molar-refractivity contribution in [3.63, 3.8) is 0 Å². The van der Waals surface area contributed by atoms with E-state index < -0.39 is 0 Å². The Morgan fingerprint density at radius 1 is 1.19 bits per heavy atom. The average Bonchev–Trinajstić information content (AvgIpc) is 2.71. The minimum Gasteiger partial charge on any atom is -0.455 e. The van der Waals surface area contributed by atoms with Crippen LogP contribution in [0.15, 0.2) is 59.9 Å². The molecule has 0 saturated heterocycles. The average molecular weight is 362 g/mol. The summed E-state index contributed by atoms with van der Waals surface area (Å²) in [7, 11) is 0. The molecule has 6 heteroatoms. The maximum Gasteiger partial charge on any atom is 0.256 e. The van der Waals surface area contributed by atoms with Crippen molar-refractivity contribution in [3.8, 4) is 11.5 Å². The maximum atomic E-state index is 12.4. The normalized spacial score (nSPS) is 14.0. The molecule has 0 N–H and O–H groups in total. The van der Waals surface area contributed by atoms with Crippen LogP contribution in [0.1, 0.15) is 23.7 Å². The predicted octanol–water partition coefficient (Wildman–Crippen LogP) is 3.01. The molecule has 4 rings (SSSR count). The Bertz CT molecular complexity index is 985. The predicted molar refractivity (Wildman–Crippen MR) is 103 cm³/mol. The van der Waals surface area contributed by atoms with E-state index in [1.807, 2.05) is 37.3 Å². The Kier molecular flexibility index (Phi) is 4.98. The van der Waals surface area contributed by atoms with Crippen LogP contribution in [0.5, 0.6) is 11.5 Å². The fourth-order valence-corrected chi connectivity index (χ4v) is 3.38. The largest absolute Gasteiger partial charge is 0.455 e. The van der Waals surface area contributed by atoms with Gasteiger partial charge in [-0.3, -0.25) is 19.2 Å². The van der Waals surface area contributed by atoms with E-state index in [1.165, 1.54) is 0 Å². The minimum atomic E-state index is 0.0995. The summed E-state index contributed by atoms with van der Waals surface area (Å²) in [5.74, 6) is 1.54. The van der Waals surface area contributed by atoms with Gasteiger partial charge in [0.15, 0.2) is 0 Å². The summed E-state index contributed by atoms with van der Waals surface area (Å²) in [6.45, 7) is 4.87. The lowest BCUT2D eigenvalue weighted by Crippen LogP contribution is -2.36. The van der Waals surface area contributed by atoms with Gasteiger partial charge in [-0.15, -0.1) is 0 Å². The first kappa shape index (κ1) is 17.4.